The molecule has 4 heteroatoms. The van der Waals surface area contributed by atoms with Crippen LogP contribution in [0.15, 0.2) is 18.2 Å². The lowest BCUT2D eigenvalue weighted by Gasteiger charge is -2.26. The van der Waals surface area contributed by atoms with Gasteiger partial charge in [0.1, 0.15) is 5.75 Å². The summed E-state index contributed by atoms with van der Waals surface area (Å²) in [7, 11) is 1.57. The Bertz CT molecular complexity index is 436. The van der Waals surface area contributed by atoms with Crippen molar-refractivity contribution in [1.29, 1.82) is 0 Å². The number of amides is 1. The molecule has 1 aromatic carbocycles. The van der Waals surface area contributed by atoms with E-state index in [1.165, 1.54) is 0 Å². The molecule has 1 amide bonds. The van der Waals surface area contributed by atoms with Crippen molar-refractivity contribution in [2.24, 2.45) is 11.1 Å². The number of carbonyl (C=O) groups excluding carboxylic acids is 1. The van der Waals surface area contributed by atoms with Crippen LogP contribution < -0.4 is 15.8 Å². The van der Waals surface area contributed by atoms with Gasteiger partial charge in [-0.05, 0) is 30.0 Å². The van der Waals surface area contributed by atoms with Gasteiger partial charge in [-0.25, -0.2) is 0 Å². The summed E-state index contributed by atoms with van der Waals surface area (Å²) in [6.07, 6.45) is 0. The van der Waals surface area contributed by atoms with Gasteiger partial charge in [0, 0.05) is 0 Å². The summed E-state index contributed by atoms with van der Waals surface area (Å²) in [5, 5.41) is 2.82. The van der Waals surface area contributed by atoms with E-state index in [4.69, 9.17) is 10.5 Å². The molecule has 0 fully saturated rings. The van der Waals surface area contributed by atoms with E-state index in [0.29, 0.717) is 11.4 Å². The molecule has 0 bridgehead atoms. The Morgan fingerprint density at radius 1 is 1.39 bits per heavy atom. The van der Waals surface area contributed by atoms with Crippen LogP contribution in [-0.4, -0.2) is 19.1 Å². The van der Waals surface area contributed by atoms with Gasteiger partial charge in [0.2, 0.25) is 5.91 Å². The van der Waals surface area contributed by atoms with Gasteiger partial charge in [-0.3, -0.25) is 4.79 Å². The Balaban J connectivity index is 2.91. The summed E-state index contributed by atoms with van der Waals surface area (Å²) < 4.78 is 5.21. The van der Waals surface area contributed by atoms with Crippen molar-refractivity contribution < 1.29 is 9.53 Å². The lowest BCUT2D eigenvalue weighted by atomic mass is 9.87. The van der Waals surface area contributed by atoms with Crippen molar-refractivity contribution in [2.45, 2.75) is 33.7 Å². The summed E-state index contributed by atoms with van der Waals surface area (Å²) in [6.45, 7) is 7.76. The van der Waals surface area contributed by atoms with E-state index < -0.39 is 6.04 Å². The summed E-state index contributed by atoms with van der Waals surface area (Å²) in [5.41, 5.74) is 7.35. The van der Waals surface area contributed by atoms with Gasteiger partial charge < -0.3 is 15.8 Å². The minimum absolute atomic E-state index is 0.202. The molecule has 4 nitrogen and oxygen atoms in total. The van der Waals surface area contributed by atoms with Gasteiger partial charge in [0.05, 0.1) is 18.8 Å². The number of nitrogens with one attached hydrogen (secondary N) is 1. The van der Waals surface area contributed by atoms with Crippen LogP contribution in [0, 0.1) is 12.3 Å². The number of aryl methyl sites for hydroxylation is 1. The summed E-state index contributed by atoms with van der Waals surface area (Å²) >= 11 is 0. The highest BCUT2D eigenvalue weighted by Crippen LogP contribution is 2.26. The van der Waals surface area contributed by atoms with E-state index in [-0.39, 0.29) is 11.3 Å². The van der Waals surface area contributed by atoms with E-state index in [0.717, 1.165) is 5.56 Å². The Morgan fingerprint density at radius 3 is 2.50 bits per heavy atom. The number of hydrogen-bond acceptors (Lipinski definition) is 3. The van der Waals surface area contributed by atoms with Crippen molar-refractivity contribution in [1.82, 2.24) is 0 Å². The number of nitrogens with two attached hydrogens (primary N) is 1. The van der Waals surface area contributed by atoms with E-state index in [1.54, 1.807) is 7.11 Å². The lowest BCUT2D eigenvalue weighted by Crippen LogP contribution is -2.45. The molecule has 0 aliphatic carbocycles. The Kier molecular flexibility index (Phi) is 4.35. The number of rotatable bonds is 3. The first-order valence-corrected chi connectivity index (χ1v) is 5.97. The third-order valence-corrected chi connectivity index (χ3v) is 2.83. The van der Waals surface area contributed by atoms with E-state index in [2.05, 4.69) is 5.32 Å². The van der Waals surface area contributed by atoms with Crippen LogP contribution in [0.2, 0.25) is 0 Å². The predicted octanol–water partition coefficient (Wildman–Crippen LogP) is 2.32. The minimum atomic E-state index is -0.567. The molecule has 1 aromatic rings. The van der Waals surface area contributed by atoms with Crippen LogP contribution in [0.1, 0.15) is 26.3 Å². The van der Waals surface area contributed by atoms with E-state index in [9.17, 15) is 4.79 Å². The summed E-state index contributed by atoms with van der Waals surface area (Å²) in [5.74, 6) is 0.432. The molecular weight excluding hydrogens is 228 g/mol. The van der Waals surface area contributed by atoms with Crippen LogP contribution in [0.4, 0.5) is 5.69 Å². The number of anilines is 1. The van der Waals surface area contributed by atoms with Gasteiger partial charge in [-0.1, -0.05) is 26.8 Å². The van der Waals surface area contributed by atoms with Gasteiger partial charge >= 0.3 is 0 Å². The Labute approximate surface area is 109 Å². The van der Waals surface area contributed by atoms with Gasteiger partial charge in [0.15, 0.2) is 0 Å². The van der Waals surface area contributed by atoms with Crippen molar-refractivity contribution in [3.8, 4) is 5.75 Å². The first-order valence-electron chi connectivity index (χ1n) is 5.97. The quantitative estimate of drug-likeness (QED) is 0.865. The number of methoxy groups -OCH3 is 1. The fourth-order valence-electron chi connectivity index (χ4n) is 1.52. The number of carbonyl (C=O) groups is 1. The first kappa shape index (κ1) is 14.5. The second kappa shape index (κ2) is 5.40. The van der Waals surface area contributed by atoms with Crippen LogP contribution in [-0.2, 0) is 4.79 Å². The van der Waals surface area contributed by atoms with Crippen molar-refractivity contribution in [3.63, 3.8) is 0 Å². The van der Waals surface area contributed by atoms with Crippen LogP contribution >= 0.6 is 0 Å². The maximum Gasteiger partial charge on any atom is 0.241 e. The molecule has 1 rings (SSSR count). The molecule has 0 aliphatic rings. The van der Waals surface area contributed by atoms with Gasteiger partial charge in [0.25, 0.3) is 0 Å². The zero-order valence-corrected chi connectivity index (χ0v) is 11.7. The second-order valence-electron chi connectivity index (χ2n) is 5.54. The predicted molar refractivity (Wildman–Crippen MR) is 73.8 cm³/mol. The fraction of sp³-hybridized carbons (Fsp3) is 0.500. The normalized spacial score (nSPS) is 13.0. The highest BCUT2D eigenvalue weighted by atomic mass is 16.5. The maximum atomic E-state index is 12.0. The average molecular weight is 250 g/mol. The molecule has 0 unspecified atom stereocenters. The number of hydrogen-bond donors (Lipinski definition) is 2. The molecule has 100 valence electrons. The molecule has 0 spiro atoms. The summed E-state index contributed by atoms with van der Waals surface area (Å²) in [4.78, 5) is 12.0. The summed E-state index contributed by atoms with van der Waals surface area (Å²) in [6, 6.07) is 5.06. The molecule has 0 aromatic heterocycles. The number of ether oxygens (including phenoxy) is 1. The molecule has 0 saturated carbocycles. The SMILES string of the molecule is COc1ccc(C)cc1NC(=O)[C@H](N)C(C)(C)C. The fourth-order valence-corrected chi connectivity index (χ4v) is 1.52. The van der Waals surface area contributed by atoms with Crippen molar-refractivity contribution in [2.75, 3.05) is 12.4 Å². The van der Waals surface area contributed by atoms with E-state index >= 15 is 0 Å². The maximum absolute atomic E-state index is 12.0. The molecule has 0 radical (unpaired) electrons. The van der Waals surface area contributed by atoms with Crippen LogP contribution in [0.5, 0.6) is 5.75 Å². The molecule has 0 heterocycles. The van der Waals surface area contributed by atoms with E-state index in [1.807, 2.05) is 45.9 Å². The zero-order valence-electron chi connectivity index (χ0n) is 11.7. The monoisotopic (exact) mass is 250 g/mol. The van der Waals surface area contributed by atoms with Crippen LogP contribution in [0.3, 0.4) is 0 Å². The largest absolute Gasteiger partial charge is 0.495 e. The minimum Gasteiger partial charge on any atom is -0.495 e. The zero-order chi connectivity index (χ0) is 13.9. The Hall–Kier alpha value is -1.55. The average Bonchev–Trinajstić information content (AvgIpc) is 2.27. The third-order valence-electron chi connectivity index (χ3n) is 2.83. The molecule has 1 atom stereocenters. The second-order valence-corrected chi connectivity index (χ2v) is 5.54. The number of benzene rings is 1. The molecule has 0 saturated heterocycles. The van der Waals surface area contributed by atoms with Gasteiger partial charge in [-0.15, -0.1) is 0 Å². The van der Waals surface area contributed by atoms with Crippen molar-refractivity contribution in [3.05, 3.63) is 23.8 Å². The lowest BCUT2D eigenvalue weighted by molar-refractivity contribution is -0.119. The third kappa shape index (κ3) is 3.47. The molecular formula is C14H22N2O2. The molecule has 3 N–H and O–H groups in total. The van der Waals surface area contributed by atoms with Crippen LogP contribution in [0.25, 0.3) is 0 Å². The van der Waals surface area contributed by atoms with Crippen molar-refractivity contribution >= 4 is 11.6 Å². The molecule has 18 heavy (non-hydrogen) atoms. The Morgan fingerprint density at radius 2 is 2.00 bits per heavy atom. The first-order chi connectivity index (χ1) is 8.25. The highest BCUT2D eigenvalue weighted by Gasteiger charge is 2.27. The topological polar surface area (TPSA) is 64.3 Å². The smallest absolute Gasteiger partial charge is 0.241 e. The van der Waals surface area contributed by atoms with Gasteiger partial charge in [-0.2, -0.15) is 0 Å². The standard InChI is InChI=1S/C14H22N2O2/c1-9-6-7-11(18-5)10(8-9)16-13(17)12(15)14(2,3)4/h6-8,12H,15H2,1-5H3,(H,16,17)/t12-/m0/s1. The highest BCUT2D eigenvalue weighted by molar-refractivity contribution is 5.96. The molecule has 0 aliphatic heterocycles.